The van der Waals surface area contributed by atoms with E-state index in [0.29, 0.717) is 19.6 Å². The van der Waals surface area contributed by atoms with Crippen LogP contribution < -0.4 is 10.6 Å². The lowest BCUT2D eigenvalue weighted by Crippen LogP contribution is -2.62. The fraction of sp³-hybridized carbons (Fsp3) is 0.889. The number of rotatable bonds is 1. The predicted octanol–water partition coefficient (Wildman–Crippen LogP) is 0.942. The average Bonchev–Trinajstić information content (AvgIpc) is 2.12. The summed E-state index contributed by atoms with van der Waals surface area (Å²) in [5, 5.41) is 4.97. The van der Waals surface area contributed by atoms with Crippen LogP contribution >= 0.6 is 0 Å². The van der Waals surface area contributed by atoms with E-state index < -0.39 is 24.3 Å². The van der Waals surface area contributed by atoms with Crippen molar-refractivity contribution in [3.8, 4) is 0 Å². The van der Waals surface area contributed by atoms with Crippen LogP contribution in [0.15, 0.2) is 0 Å². The van der Waals surface area contributed by atoms with Crippen LogP contribution in [-0.4, -0.2) is 48.8 Å². The number of hydrogen-bond donors (Lipinski definition) is 2. The highest BCUT2D eigenvalue weighted by molar-refractivity contribution is 5.75. The second kappa shape index (κ2) is 4.48. The lowest BCUT2D eigenvalue weighted by Gasteiger charge is -2.42. The predicted molar refractivity (Wildman–Crippen MR) is 53.1 cm³/mol. The minimum atomic E-state index is -4.37. The quantitative estimate of drug-likeness (QED) is 0.715. The van der Waals surface area contributed by atoms with Gasteiger partial charge in [-0.25, -0.2) is 4.79 Å². The molecule has 0 spiro atoms. The van der Waals surface area contributed by atoms with Crippen LogP contribution in [-0.2, 0) is 0 Å². The van der Waals surface area contributed by atoms with Gasteiger partial charge in [-0.15, -0.1) is 0 Å². The van der Waals surface area contributed by atoms with Gasteiger partial charge < -0.3 is 15.5 Å². The van der Waals surface area contributed by atoms with Gasteiger partial charge in [-0.05, 0) is 13.8 Å². The number of alkyl halides is 3. The molecule has 0 aromatic rings. The summed E-state index contributed by atoms with van der Waals surface area (Å²) in [7, 11) is 0. The molecule has 1 heterocycles. The molecule has 94 valence electrons. The van der Waals surface area contributed by atoms with Gasteiger partial charge in [-0.2, -0.15) is 13.2 Å². The number of carbonyl (C=O) groups excluding carboxylic acids is 1. The van der Waals surface area contributed by atoms with Gasteiger partial charge in [0.15, 0.2) is 0 Å². The van der Waals surface area contributed by atoms with Crippen molar-refractivity contribution in [3.63, 3.8) is 0 Å². The molecular formula is C9H16F3N3O. The van der Waals surface area contributed by atoms with Crippen molar-refractivity contribution in [2.75, 3.05) is 26.2 Å². The van der Waals surface area contributed by atoms with Crippen molar-refractivity contribution in [2.45, 2.75) is 25.6 Å². The van der Waals surface area contributed by atoms with E-state index in [1.165, 1.54) is 4.90 Å². The molecule has 0 aromatic carbocycles. The van der Waals surface area contributed by atoms with E-state index in [1.54, 1.807) is 0 Å². The highest BCUT2D eigenvalue weighted by Crippen LogP contribution is 2.17. The van der Waals surface area contributed by atoms with Gasteiger partial charge in [0, 0.05) is 19.6 Å². The summed E-state index contributed by atoms with van der Waals surface area (Å²) in [6, 6.07) is -0.663. The first-order valence-electron chi connectivity index (χ1n) is 5.05. The van der Waals surface area contributed by atoms with Gasteiger partial charge in [-0.3, -0.25) is 0 Å². The van der Waals surface area contributed by atoms with Gasteiger partial charge in [0.05, 0.1) is 5.54 Å². The Balaban J connectivity index is 2.52. The summed E-state index contributed by atoms with van der Waals surface area (Å²) in [5.74, 6) is 0. The van der Waals surface area contributed by atoms with Crippen LogP contribution in [0.3, 0.4) is 0 Å². The van der Waals surface area contributed by atoms with E-state index in [0.717, 1.165) is 0 Å². The zero-order valence-corrected chi connectivity index (χ0v) is 9.32. The number of halogens is 3. The Morgan fingerprint density at radius 2 is 2.12 bits per heavy atom. The standard InChI is InChI=1S/C9H16F3N3O/c1-8(2)5-13-3-4-15(8)7(16)14-6-9(10,11)12/h13H,3-6H2,1-2H3,(H,14,16). The first kappa shape index (κ1) is 13.1. The Morgan fingerprint density at radius 1 is 1.50 bits per heavy atom. The maximum absolute atomic E-state index is 11.9. The SMILES string of the molecule is CC1(C)CNCCN1C(=O)NCC(F)(F)F. The Hall–Kier alpha value is -0.980. The Labute approximate surface area is 92.2 Å². The summed E-state index contributed by atoms with van der Waals surface area (Å²) < 4.78 is 35.8. The summed E-state index contributed by atoms with van der Waals surface area (Å²) in [5.41, 5.74) is -0.464. The topological polar surface area (TPSA) is 44.4 Å². The number of nitrogens with zero attached hydrogens (tertiary/aromatic N) is 1. The van der Waals surface area contributed by atoms with E-state index >= 15 is 0 Å². The van der Waals surface area contributed by atoms with Crippen molar-refractivity contribution >= 4 is 6.03 Å². The molecule has 0 atom stereocenters. The zero-order valence-electron chi connectivity index (χ0n) is 9.32. The normalized spacial score (nSPS) is 20.7. The molecule has 1 rings (SSSR count). The zero-order chi connectivity index (χ0) is 12.4. The molecule has 16 heavy (non-hydrogen) atoms. The number of piperazine rings is 1. The smallest absolute Gasteiger partial charge is 0.329 e. The first-order valence-corrected chi connectivity index (χ1v) is 5.05. The van der Waals surface area contributed by atoms with E-state index in [1.807, 2.05) is 19.2 Å². The van der Waals surface area contributed by atoms with Gasteiger partial charge in [0.25, 0.3) is 0 Å². The summed E-state index contributed by atoms with van der Waals surface area (Å²) >= 11 is 0. The minimum absolute atomic E-state index is 0.413. The largest absolute Gasteiger partial charge is 0.405 e. The number of carbonyl (C=O) groups is 1. The van der Waals surface area contributed by atoms with E-state index in [9.17, 15) is 18.0 Å². The molecular weight excluding hydrogens is 223 g/mol. The molecule has 0 bridgehead atoms. The van der Waals surface area contributed by atoms with Crippen molar-refractivity contribution < 1.29 is 18.0 Å². The highest BCUT2D eigenvalue weighted by Gasteiger charge is 2.35. The fourth-order valence-electron chi connectivity index (χ4n) is 1.63. The maximum Gasteiger partial charge on any atom is 0.405 e. The van der Waals surface area contributed by atoms with Gasteiger partial charge >= 0.3 is 12.2 Å². The number of urea groups is 1. The van der Waals surface area contributed by atoms with Gasteiger partial charge in [0.1, 0.15) is 6.54 Å². The molecule has 1 aliphatic heterocycles. The lowest BCUT2D eigenvalue weighted by molar-refractivity contribution is -0.123. The lowest BCUT2D eigenvalue weighted by atomic mass is 10.0. The van der Waals surface area contributed by atoms with Crippen LogP contribution in [0.4, 0.5) is 18.0 Å². The Kier molecular flexibility index (Phi) is 3.67. The monoisotopic (exact) mass is 239 g/mol. The van der Waals surface area contributed by atoms with E-state index in [2.05, 4.69) is 5.32 Å². The molecule has 2 amide bonds. The van der Waals surface area contributed by atoms with E-state index in [4.69, 9.17) is 0 Å². The second-order valence-electron chi connectivity index (χ2n) is 4.41. The molecule has 0 aliphatic carbocycles. The second-order valence-corrected chi connectivity index (χ2v) is 4.41. The Bertz CT molecular complexity index is 265. The molecule has 4 nitrogen and oxygen atoms in total. The molecule has 2 N–H and O–H groups in total. The number of hydrogen-bond acceptors (Lipinski definition) is 2. The van der Waals surface area contributed by atoms with Crippen molar-refractivity contribution in [2.24, 2.45) is 0 Å². The van der Waals surface area contributed by atoms with Crippen molar-refractivity contribution in [1.82, 2.24) is 15.5 Å². The molecule has 1 fully saturated rings. The van der Waals surface area contributed by atoms with Crippen LogP contribution in [0, 0.1) is 0 Å². The number of amides is 2. The highest BCUT2D eigenvalue weighted by atomic mass is 19.4. The third-order valence-corrected chi connectivity index (χ3v) is 2.49. The Morgan fingerprint density at radius 3 is 2.62 bits per heavy atom. The molecule has 0 saturated carbocycles. The van der Waals surface area contributed by atoms with Crippen molar-refractivity contribution in [3.05, 3.63) is 0 Å². The third kappa shape index (κ3) is 3.55. The molecule has 0 unspecified atom stereocenters. The van der Waals surface area contributed by atoms with E-state index in [-0.39, 0.29) is 0 Å². The molecule has 7 heteroatoms. The summed E-state index contributed by atoms with van der Waals surface area (Å²) in [6.07, 6.45) is -4.37. The van der Waals surface area contributed by atoms with Crippen molar-refractivity contribution in [1.29, 1.82) is 0 Å². The number of nitrogens with one attached hydrogen (secondary N) is 2. The van der Waals surface area contributed by atoms with Crippen LogP contribution in [0.5, 0.6) is 0 Å². The van der Waals surface area contributed by atoms with Crippen LogP contribution in [0.2, 0.25) is 0 Å². The van der Waals surface area contributed by atoms with Crippen LogP contribution in [0.1, 0.15) is 13.8 Å². The molecule has 1 saturated heterocycles. The van der Waals surface area contributed by atoms with Gasteiger partial charge in [-0.1, -0.05) is 0 Å². The molecule has 0 radical (unpaired) electrons. The minimum Gasteiger partial charge on any atom is -0.329 e. The molecule has 1 aliphatic rings. The van der Waals surface area contributed by atoms with Gasteiger partial charge in [0.2, 0.25) is 0 Å². The third-order valence-electron chi connectivity index (χ3n) is 2.49. The first-order chi connectivity index (χ1) is 7.22. The maximum atomic E-state index is 11.9. The average molecular weight is 239 g/mol. The van der Waals surface area contributed by atoms with Crippen LogP contribution in [0.25, 0.3) is 0 Å². The summed E-state index contributed by atoms with van der Waals surface area (Å²) in [4.78, 5) is 13.0. The fourth-order valence-corrected chi connectivity index (χ4v) is 1.63. The summed E-state index contributed by atoms with van der Waals surface area (Å²) in [6.45, 7) is 3.93. The molecule has 0 aromatic heterocycles.